The first kappa shape index (κ1) is 8.10. The molecule has 0 saturated heterocycles. The van der Waals surface area contributed by atoms with Gasteiger partial charge in [0.1, 0.15) is 5.82 Å². The fourth-order valence-corrected chi connectivity index (χ4v) is 1.65. The number of benzene rings is 1. The van der Waals surface area contributed by atoms with Crippen molar-refractivity contribution in [1.29, 1.82) is 0 Å². The predicted octanol–water partition coefficient (Wildman–Crippen LogP) is 2.66. The summed E-state index contributed by atoms with van der Waals surface area (Å²) in [5.41, 5.74) is 2.36. The van der Waals surface area contributed by atoms with Crippen LogP contribution in [0.25, 0.3) is 10.9 Å². The normalized spacial score (nSPS) is 10.7. The SMILES string of the molecule is CNc1c(F)cc2[nH]ccc2c1C. The van der Waals surface area contributed by atoms with Crippen LogP contribution in [0, 0.1) is 12.7 Å². The average molecular weight is 178 g/mol. The molecule has 3 heteroatoms. The van der Waals surface area contributed by atoms with Crippen LogP contribution in [0.1, 0.15) is 5.56 Å². The molecule has 0 atom stereocenters. The van der Waals surface area contributed by atoms with Crippen LogP contribution >= 0.6 is 0 Å². The van der Waals surface area contributed by atoms with Crippen LogP contribution in [0.15, 0.2) is 18.3 Å². The average Bonchev–Trinajstić information content (AvgIpc) is 2.53. The Bertz CT molecular complexity index is 445. The minimum Gasteiger partial charge on any atom is -0.386 e. The molecule has 0 aliphatic carbocycles. The van der Waals surface area contributed by atoms with Crippen LogP contribution in [0.4, 0.5) is 10.1 Å². The first-order chi connectivity index (χ1) is 6.24. The Hall–Kier alpha value is -1.51. The molecule has 13 heavy (non-hydrogen) atoms. The van der Waals surface area contributed by atoms with Crippen LogP contribution in [0.3, 0.4) is 0 Å². The molecule has 0 aliphatic heterocycles. The van der Waals surface area contributed by atoms with Crippen LogP contribution in [0.2, 0.25) is 0 Å². The number of nitrogens with one attached hydrogen (secondary N) is 2. The van der Waals surface area contributed by atoms with Gasteiger partial charge in [0.25, 0.3) is 0 Å². The van der Waals surface area contributed by atoms with Crippen molar-refractivity contribution >= 4 is 16.6 Å². The quantitative estimate of drug-likeness (QED) is 0.690. The molecule has 2 rings (SSSR count). The number of hydrogen-bond acceptors (Lipinski definition) is 1. The molecular formula is C10H11FN2. The van der Waals surface area contributed by atoms with E-state index < -0.39 is 0 Å². The molecule has 2 N–H and O–H groups in total. The van der Waals surface area contributed by atoms with Crippen LogP contribution < -0.4 is 5.32 Å². The maximum absolute atomic E-state index is 13.4. The second-order valence-electron chi connectivity index (χ2n) is 3.05. The third-order valence-electron chi connectivity index (χ3n) is 2.32. The number of H-pyrrole nitrogens is 1. The highest BCUT2D eigenvalue weighted by Gasteiger charge is 2.08. The van der Waals surface area contributed by atoms with E-state index in [9.17, 15) is 4.39 Å². The summed E-state index contributed by atoms with van der Waals surface area (Å²) in [5, 5.41) is 3.92. The lowest BCUT2D eigenvalue weighted by Crippen LogP contribution is -1.95. The molecule has 0 spiro atoms. The first-order valence-corrected chi connectivity index (χ1v) is 4.18. The lowest BCUT2D eigenvalue weighted by molar-refractivity contribution is 0.632. The topological polar surface area (TPSA) is 27.8 Å². The highest BCUT2D eigenvalue weighted by molar-refractivity contribution is 5.87. The van der Waals surface area contributed by atoms with Gasteiger partial charge in [-0.25, -0.2) is 4.39 Å². The minimum absolute atomic E-state index is 0.213. The molecule has 1 aromatic carbocycles. The van der Waals surface area contributed by atoms with E-state index in [4.69, 9.17) is 0 Å². The molecule has 0 aliphatic rings. The smallest absolute Gasteiger partial charge is 0.148 e. The molecule has 1 aromatic heterocycles. The maximum Gasteiger partial charge on any atom is 0.148 e. The molecule has 2 nitrogen and oxygen atoms in total. The van der Waals surface area contributed by atoms with E-state index in [2.05, 4.69) is 10.3 Å². The molecule has 0 amide bonds. The van der Waals surface area contributed by atoms with Crippen molar-refractivity contribution in [2.45, 2.75) is 6.92 Å². The first-order valence-electron chi connectivity index (χ1n) is 4.18. The van der Waals surface area contributed by atoms with Gasteiger partial charge < -0.3 is 10.3 Å². The number of aromatic amines is 1. The summed E-state index contributed by atoms with van der Waals surface area (Å²) in [4.78, 5) is 2.98. The fraction of sp³-hybridized carbons (Fsp3) is 0.200. The van der Waals surface area contributed by atoms with Gasteiger partial charge in [0, 0.05) is 30.2 Å². The molecular weight excluding hydrogens is 167 g/mol. The molecule has 68 valence electrons. The fourth-order valence-electron chi connectivity index (χ4n) is 1.65. The van der Waals surface area contributed by atoms with Gasteiger partial charge in [0.2, 0.25) is 0 Å². The van der Waals surface area contributed by atoms with Crippen LogP contribution in [0.5, 0.6) is 0 Å². The van der Waals surface area contributed by atoms with Gasteiger partial charge >= 0.3 is 0 Å². The second-order valence-corrected chi connectivity index (χ2v) is 3.05. The van der Waals surface area contributed by atoms with E-state index >= 15 is 0 Å². The van der Waals surface area contributed by atoms with Crippen LogP contribution in [-0.2, 0) is 0 Å². The predicted molar refractivity (Wildman–Crippen MR) is 52.5 cm³/mol. The third-order valence-corrected chi connectivity index (χ3v) is 2.32. The second kappa shape index (κ2) is 2.76. The van der Waals surface area contributed by atoms with E-state index in [1.165, 1.54) is 6.07 Å². The molecule has 1 heterocycles. The highest BCUT2D eigenvalue weighted by atomic mass is 19.1. The molecule has 0 saturated carbocycles. The van der Waals surface area contributed by atoms with Gasteiger partial charge in [-0.1, -0.05) is 0 Å². The summed E-state index contributed by atoms with van der Waals surface area (Å²) in [6.45, 7) is 1.91. The van der Waals surface area contributed by atoms with Crippen molar-refractivity contribution in [3.8, 4) is 0 Å². The Balaban J connectivity index is 2.85. The number of halogens is 1. The van der Waals surface area contributed by atoms with Gasteiger partial charge in [-0.15, -0.1) is 0 Å². The van der Waals surface area contributed by atoms with Crippen molar-refractivity contribution in [3.05, 3.63) is 29.7 Å². The lowest BCUT2D eigenvalue weighted by Gasteiger charge is -2.07. The van der Waals surface area contributed by atoms with Crippen molar-refractivity contribution < 1.29 is 4.39 Å². The number of anilines is 1. The minimum atomic E-state index is -0.213. The molecule has 0 bridgehead atoms. The third kappa shape index (κ3) is 1.08. The van der Waals surface area contributed by atoms with Crippen molar-refractivity contribution in [1.82, 2.24) is 4.98 Å². The van der Waals surface area contributed by atoms with Gasteiger partial charge in [0.15, 0.2) is 0 Å². The standard InChI is InChI=1S/C10H11FN2/c1-6-7-3-4-13-9(7)5-8(11)10(6)12-2/h3-5,12-13H,1-2H3. The number of rotatable bonds is 1. The summed E-state index contributed by atoms with van der Waals surface area (Å²) in [6, 6.07) is 3.46. The van der Waals surface area contributed by atoms with Crippen molar-refractivity contribution in [2.75, 3.05) is 12.4 Å². The monoisotopic (exact) mass is 178 g/mol. The zero-order chi connectivity index (χ0) is 9.42. The molecule has 0 radical (unpaired) electrons. The number of fused-ring (bicyclic) bond motifs is 1. The van der Waals surface area contributed by atoms with Gasteiger partial charge in [-0.2, -0.15) is 0 Å². The van der Waals surface area contributed by atoms with Gasteiger partial charge in [-0.3, -0.25) is 0 Å². The van der Waals surface area contributed by atoms with Gasteiger partial charge in [-0.05, 0) is 18.6 Å². The zero-order valence-electron chi connectivity index (χ0n) is 7.61. The van der Waals surface area contributed by atoms with Crippen molar-refractivity contribution in [3.63, 3.8) is 0 Å². The summed E-state index contributed by atoms with van der Waals surface area (Å²) in [5.74, 6) is -0.213. The number of hydrogen-bond donors (Lipinski definition) is 2. The summed E-state index contributed by atoms with van der Waals surface area (Å²) in [6.07, 6.45) is 1.82. The Labute approximate surface area is 75.8 Å². The Morgan fingerprint density at radius 1 is 1.46 bits per heavy atom. The zero-order valence-corrected chi connectivity index (χ0v) is 7.61. The van der Waals surface area contributed by atoms with Gasteiger partial charge in [0.05, 0.1) is 5.69 Å². The molecule has 2 aromatic rings. The number of aryl methyl sites for hydroxylation is 1. The molecule has 0 fully saturated rings. The summed E-state index contributed by atoms with van der Waals surface area (Å²) < 4.78 is 13.4. The van der Waals surface area contributed by atoms with E-state index in [0.29, 0.717) is 5.69 Å². The summed E-state index contributed by atoms with van der Waals surface area (Å²) >= 11 is 0. The lowest BCUT2D eigenvalue weighted by atomic mass is 10.1. The highest BCUT2D eigenvalue weighted by Crippen LogP contribution is 2.27. The number of aromatic nitrogens is 1. The van der Waals surface area contributed by atoms with E-state index in [-0.39, 0.29) is 5.82 Å². The van der Waals surface area contributed by atoms with E-state index in [1.54, 1.807) is 7.05 Å². The van der Waals surface area contributed by atoms with E-state index in [0.717, 1.165) is 16.5 Å². The Morgan fingerprint density at radius 2 is 2.23 bits per heavy atom. The molecule has 0 unspecified atom stereocenters. The van der Waals surface area contributed by atoms with Crippen molar-refractivity contribution in [2.24, 2.45) is 0 Å². The Morgan fingerprint density at radius 3 is 2.92 bits per heavy atom. The maximum atomic E-state index is 13.4. The largest absolute Gasteiger partial charge is 0.386 e. The van der Waals surface area contributed by atoms with E-state index in [1.807, 2.05) is 19.2 Å². The van der Waals surface area contributed by atoms with Crippen LogP contribution in [-0.4, -0.2) is 12.0 Å². The Kier molecular flexibility index (Phi) is 1.72. The summed E-state index contributed by atoms with van der Waals surface area (Å²) in [7, 11) is 1.73.